The second-order valence-corrected chi connectivity index (χ2v) is 7.04. The lowest BCUT2D eigenvalue weighted by atomic mass is 10.1. The molecule has 0 saturated carbocycles. The Morgan fingerprint density at radius 1 is 1.22 bits per heavy atom. The normalized spacial score (nSPS) is 12.0. The number of hydrogen-bond acceptors (Lipinski definition) is 3. The number of aryl methyl sites for hydroxylation is 1. The van der Waals surface area contributed by atoms with Crippen LogP contribution in [0.15, 0.2) is 35.3 Å². The fourth-order valence-corrected chi connectivity index (χ4v) is 2.82. The van der Waals surface area contributed by atoms with Crippen LogP contribution in [0.4, 0.5) is 0 Å². The van der Waals surface area contributed by atoms with Gasteiger partial charge in [-0.3, -0.25) is 9.48 Å². The van der Waals surface area contributed by atoms with Crippen LogP contribution in [-0.2, 0) is 12.1 Å². The molecule has 0 spiro atoms. The summed E-state index contributed by atoms with van der Waals surface area (Å²) in [5.41, 5.74) is 1.79. The predicted molar refractivity (Wildman–Crippen MR) is 92.1 cm³/mol. The van der Waals surface area contributed by atoms with Gasteiger partial charge in [-0.25, -0.2) is 4.68 Å². The van der Waals surface area contributed by atoms with Crippen LogP contribution in [0.5, 0.6) is 0 Å². The number of fused-ring (bicyclic) bond motifs is 1. The average molecular weight is 331 g/mol. The zero-order valence-corrected chi connectivity index (χ0v) is 14.4. The van der Waals surface area contributed by atoms with Crippen LogP contribution in [-0.4, -0.2) is 19.6 Å². The topological polar surface area (TPSA) is 52.7 Å². The van der Waals surface area contributed by atoms with E-state index >= 15 is 0 Å². The van der Waals surface area contributed by atoms with Crippen LogP contribution >= 0.6 is 11.6 Å². The summed E-state index contributed by atoms with van der Waals surface area (Å²) in [6.07, 6.45) is 1.71. The van der Waals surface area contributed by atoms with Crippen LogP contribution in [0, 0.1) is 6.92 Å². The molecule has 0 atom stereocenters. The molecular formula is C17H19ClN4O. The molecule has 0 N–H and O–H groups in total. The van der Waals surface area contributed by atoms with E-state index in [-0.39, 0.29) is 11.1 Å². The van der Waals surface area contributed by atoms with Crippen LogP contribution in [0.25, 0.3) is 10.9 Å². The molecule has 1 aromatic carbocycles. The van der Waals surface area contributed by atoms with Crippen molar-refractivity contribution in [2.45, 2.75) is 39.8 Å². The summed E-state index contributed by atoms with van der Waals surface area (Å²) in [7, 11) is 0. The lowest BCUT2D eigenvalue weighted by molar-refractivity contribution is 0.366. The molecule has 3 aromatic rings. The van der Waals surface area contributed by atoms with E-state index in [1.807, 2.05) is 52.0 Å². The van der Waals surface area contributed by atoms with E-state index in [1.54, 1.807) is 10.9 Å². The monoisotopic (exact) mass is 330 g/mol. The van der Waals surface area contributed by atoms with Gasteiger partial charge in [-0.2, -0.15) is 10.2 Å². The maximum absolute atomic E-state index is 12.9. The summed E-state index contributed by atoms with van der Waals surface area (Å²) in [6.45, 7) is 8.29. The molecule has 3 rings (SSSR count). The third-order valence-corrected chi connectivity index (χ3v) is 4.15. The zero-order valence-electron chi connectivity index (χ0n) is 13.7. The maximum atomic E-state index is 12.9. The van der Waals surface area contributed by atoms with Crippen molar-refractivity contribution in [3.63, 3.8) is 0 Å². The van der Waals surface area contributed by atoms with E-state index in [9.17, 15) is 4.79 Å². The van der Waals surface area contributed by atoms with E-state index in [2.05, 4.69) is 10.2 Å². The van der Waals surface area contributed by atoms with Crippen LogP contribution in [0.2, 0.25) is 5.02 Å². The maximum Gasteiger partial charge on any atom is 0.293 e. The van der Waals surface area contributed by atoms with Gasteiger partial charge < -0.3 is 0 Å². The fraction of sp³-hybridized carbons (Fsp3) is 0.353. The molecule has 0 unspecified atom stereocenters. The highest BCUT2D eigenvalue weighted by Gasteiger charge is 2.21. The van der Waals surface area contributed by atoms with Crippen molar-refractivity contribution in [1.82, 2.24) is 19.6 Å². The lowest BCUT2D eigenvalue weighted by Gasteiger charge is -2.20. The Hall–Kier alpha value is -2.14. The first-order chi connectivity index (χ1) is 10.8. The molecule has 2 heterocycles. The van der Waals surface area contributed by atoms with E-state index < -0.39 is 0 Å². The second kappa shape index (κ2) is 5.49. The molecule has 2 aromatic heterocycles. The summed E-state index contributed by atoms with van der Waals surface area (Å²) < 4.78 is 3.23. The van der Waals surface area contributed by atoms with Gasteiger partial charge in [0.05, 0.1) is 24.0 Å². The Kier molecular flexibility index (Phi) is 3.76. The first kappa shape index (κ1) is 15.7. The smallest absolute Gasteiger partial charge is 0.265 e. The van der Waals surface area contributed by atoms with Crippen molar-refractivity contribution in [3.8, 4) is 0 Å². The van der Waals surface area contributed by atoms with Gasteiger partial charge in [0.15, 0.2) is 0 Å². The molecule has 0 aliphatic heterocycles. The molecule has 5 nitrogen and oxygen atoms in total. The molecule has 6 heteroatoms. The first-order valence-electron chi connectivity index (χ1n) is 7.48. The van der Waals surface area contributed by atoms with Gasteiger partial charge in [0, 0.05) is 10.4 Å². The molecule has 23 heavy (non-hydrogen) atoms. The molecule has 0 aliphatic rings. The van der Waals surface area contributed by atoms with Gasteiger partial charge in [0.25, 0.3) is 5.56 Å². The third-order valence-electron chi connectivity index (χ3n) is 3.78. The minimum atomic E-state index is -0.281. The summed E-state index contributed by atoms with van der Waals surface area (Å²) in [5, 5.41) is 10.2. The fourth-order valence-electron chi connectivity index (χ4n) is 2.63. The molecule has 0 aliphatic carbocycles. The van der Waals surface area contributed by atoms with Crippen molar-refractivity contribution in [2.75, 3.05) is 0 Å². The largest absolute Gasteiger partial charge is 0.293 e. The van der Waals surface area contributed by atoms with Crippen molar-refractivity contribution >= 4 is 22.5 Å². The van der Waals surface area contributed by atoms with Crippen LogP contribution in [0.3, 0.4) is 0 Å². The Bertz CT molecular complexity index is 934. The van der Waals surface area contributed by atoms with Gasteiger partial charge in [-0.15, -0.1) is 0 Å². The van der Waals surface area contributed by atoms with E-state index in [0.29, 0.717) is 17.1 Å². The number of rotatable bonds is 2. The number of halogens is 1. The van der Waals surface area contributed by atoms with Gasteiger partial charge in [0.1, 0.15) is 5.52 Å². The van der Waals surface area contributed by atoms with E-state index in [0.717, 1.165) is 16.6 Å². The predicted octanol–water partition coefficient (Wildman–Crippen LogP) is 3.36. The highest BCUT2D eigenvalue weighted by Crippen LogP contribution is 2.21. The van der Waals surface area contributed by atoms with Gasteiger partial charge in [-0.1, -0.05) is 29.8 Å². The van der Waals surface area contributed by atoms with Gasteiger partial charge >= 0.3 is 0 Å². The van der Waals surface area contributed by atoms with Crippen LogP contribution in [0.1, 0.15) is 32.0 Å². The standard InChI is InChI=1S/C17H19ClN4O/c1-11-13-9-19-22(17(2,3)4)15(13)16(23)21(20-11)10-12-7-5-6-8-14(12)18/h5-9H,10H2,1-4H3. The van der Waals surface area contributed by atoms with Gasteiger partial charge in [-0.05, 0) is 39.3 Å². The Balaban J connectivity index is 2.22. The number of aromatic nitrogens is 4. The van der Waals surface area contributed by atoms with Crippen molar-refractivity contribution < 1.29 is 0 Å². The minimum absolute atomic E-state index is 0.155. The molecule has 0 fully saturated rings. The van der Waals surface area contributed by atoms with Crippen LogP contribution < -0.4 is 5.56 Å². The quantitative estimate of drug-likeness (QED) is 0.724. The summed E-state index contributed by atoms with van der Waals surface area (Å²) in [4.78, 5) is 12.9. The van der Waals surface area contributed by atoms with E-state index in [4.69, 9.17) is 11.6 Å². The Labute approximate surface area is 139 Å². The Morgan fingerprint density at radius 2 is 1.91 bits per heavy atom. The number of hydrogen-bond donors (Lipinski definition) is 0. The number of benzene rings is 1. The molecule has 0 radical (unpaired) electrons. The summed E-state index contributed by atoms with van der Waals surface area (Å²) in [6, 6.07) is 7.48. The van der Waals surface area contributed by atoms with Crippen molar-refractivity contribution in [2.24, 2.45) is 0 Å². The highest BCUT2D eigenvalue weighted by molar-refractivity contribution is 6.31. The second-order valence-electron chi connectivity index (χ2n) is 6.63. The van der Waals surface area contributed by atoms with Crippen molar-refractivity contribution in [1.29, 1.82) is 0 Å². The first-order valence-corrected chi connectivity index (χ1v) is 7.86. The zero-order chi connectivity index (χ0) is 16.8. The number of nitrogens with zero attached hydrogens (tertiary/aromatic N) is 4. The summed E-state index contributed by atoms with van der Waals surface area (Å²) in [5.74, 6) is 0. The summed E-state index contributed by atoms with van der Waals surface area (Å²) >= 11 is 6.21. The molecule has 0 saturated heterocycles. The molecule has 0 amide bonds. The third kappa shape index (κ3) is 2.77. The molecular weight excluding hydrogens is 312 g/mol. The SMILES string of the molecule is Cc1nn(Cc2ccccc2Cl)c(=O)c2c1cnn2C(C)(C)C. The van der Waals surface area contributed by atoms with Gasteiger partial charge in [0.2, 0.25) is 0 Å². The van der Waals surface area contributed by atoms with Crippen molar-refractivity contribution in [3.05, 3.63) is 57.1 Å². The highest BCUT2D eigenvalue weighted by atomic mass is 35.5. The molecule has 120 valence electrons. The Morgan fingerprint density at radius 3 is 2.57 bits per heavy atom. The average Bonchev–Trinajstić information content (AvgIpc) is 2.92. The molecule has 0 bridgehead atoms. The minimum Gasteiger partial charge on any atom is -0.265 e. The van der Waals surface area contributed by atoms with E-state index in [1.165, 1.54) is 4.68 Å². The lowest BCUT2D eigenvalue weighted by Crippen LogP contribution is -2.31.